The van der Waals surface area contributed by atoms with Crippen LogP contribution in [-0.2, 0) is 4.79 Å². The molecular formula is C24H21NO4S. The van der Waals surface area contributed by atoms with E-state index < -0.39 is 17.4 Å². The molecule has 4 rings (SSSR count). The second-order valence-corrected chi connectivity index (χ2v) is 8.22. The summed E-state index contributed by atoms with van der Waals surface area (Å²) in [5, 5.41) is 9.30. The maximum absolute atomic E-state index is 13.3. The molecule has 3 aromatic carbocycles. The van der Waals surface area contributed by atoms with E-state index in [2.05, 4.69) is 0 Å². The Hall–Kier alpha value is -3.25. The fraction of sp³-hybridized carbons (Fsp3) is 0.167. The standard InChI is InChI=1S/C24H21NO4S/c1-16-10-12-17(13-11-16)22(26)25-21(24(27)28)15-30-23(25)18-6-5-9-20(14-18)29-19-7-3-2-4-8-19/h2-14,21,23H,15H2,1H3,(H,27,28). The molecule has 30 heavy (non-hydrogen) atoms. The molecule has 0 radical (unpaired) electrons. The summed E-state index contributed by atoms with van der Waals surface area (Å²) in [6.45, 7) is 1.95. The highest BCUT2D eigenvalue weighted by molar-refractivity contribution is 7.99. The van der Waals surface area contributed by atoms with Gasteiger partial charge in [0.05, 0.1) is 0 Å². The number of hydrogen-bond donors (Lipinski definition) is 1. The first-order valence-electron chi connectivity index (χ1n) is 9.59. The minimum atomic E-state index is -0.998. The van der Waals surface area contributed by atoms with Crippen molar-refractivity contribution in [1.82, 2.24) is 4.90 Å². The van der Waals surface area contributed by atoms with Crippen LogP contribution in [0.2, 0.25) is 0 Å². The molecule has 3 aromatic rings. The quantitative estimate of drug-likeness (QED) is 0.621. The Bertz CT molecular complexity index is 1050. The van der Waals surface area contributed by atoms with Crippen molar-refractivity contribution >= 4 is 23.6 Å². The van der Waals surface area contributed by atoms with Crippen molar-refractivity contribution in [1.29, 1.82) is 0 Å². The lowest BCUT2D eigenvalue weighted by molar-refractivity contribution is -0.141. The lowest BCUT2D eigenvalue weighted by atomic mass is 10.1. The van der Waals surface area contributed by atoms with E-state index in [1.807, 2.05) is 73.7 Å². The van der Waals surface area contributed by atoms with Gasteiger partial charge < -0.3 is 14.7 Å². The summed E-state index contributed by atoms with van der Waals surface area (Å²) in [7, 11) is 0. The Morgan fingerprint density at radius 2 is 1.67 bits per heavy atom. The van der Waals surface area contributed by atoms with Crippen molar-refractivity contribution in [2.24, 2.45) is 0 Å². The summed E-state index contributed by atoms with van der Waals surface area (Å²) in [6, 6.07) is 23.2. The number of carboxylic acids is 1. The first kappa shape index (κ1) is 20.0. The van der Waals surface area contributed by atoms with Crippen LogP contribution in [0.3, 0.4) is 0 Å². The highest BCUT2D eigenvalue weighted by Gasteiger charge is 2.42. The number of nitrogens with zero attached hydrogens (tertiary/aromatic N) is 1. The second-order valence-electron chi connectivity index (χ2n) is 7.11. The molecule has 1 aliphatic heterocycles. The molecule has 0 aromatic heterocycles. The van der Waals surface area contributed by atoms with Gasteiger partial charge in [-0.3, -0.25) is 4.79 Å². The van der Waals surface area contributed by atoms with Gasteiger partial charge in [-0.2, -0.15) is 0 Å². The minimum Gasteiger partial charge on any atom is -0.480 e. The topological polar surface area (TPSA) is 66.8 Å². The van der Waals surface area contributed by atoms with Crippen LogP contribution in [0.4, 0.5) is 0 Å². The van der Waals surface area contributed by atoms with Gasteiger partial charge in [0.25, 0.3) is 5.91 Å². The molecule has 2 atom stereocenters. The largest absolute Gasteiger partial charge is 0.480 e. The van der Waals surface area contributed by atoms with E-state index >= 15 is 0 Å². The van der Waals surface area contributed by atoms with Crippen LogP contribution in [0.5, 0.6) is 11.5 Å². The van der Waals surface area contributed by atoms with Gasteiger partial charge in [-0.1, -0.05) is 48.0 Å². The van der Waals surface area contributed by atoms with Crippen LogP contribution in [0, 0.1) is 6.92 Å². The normalized spacial score (nSPS) is 18.2. The maximum Gasteiger partial charge on any atom is 0.327 e. The van der Waals surface area contributed by atoms with E-state index in [1.54, 1.807) is 12.1 Å². The van der Waals surface area contributed by atoms with Crippen LogP contribution in [0.25, 0.3) is 0 Å². The number of carbonyl (C=O) groups excluding carboxylic acids is 1. The number of aryl methyl sites for hydroxylation is 1. The molecule has 1 aliphatic rings. The highest BCUT2D eigenvalue weighted by atomic mass is 32.2. The van der Waals surface area contributed by atoms with E-state index in [4.69, 9.17) is 4.74 Å². The molecule has 0 aliphatic carbocycles. The summed E-state index contributed by atoms with van der Waals surface area (Å²) < 4.78 is 5.92. The maximum atomic E-state index is 13.3. The Kier molecular flexibility index (Phi) is 5.77. The Morgan fingerprint density at radius 3 is 2.37 bits per heavy atom. The Balaban J connectivity index is 1.64. The van der Waals surface area contributed by atoms with Crippen molar-refractivity contribution in [2.75, 3.05) is 5.75 Å². The van der Waals surface area contributed by atoms with Gasteiger partial charge in [-0.15, -0.1) is 11.8 Å². The Morgan fingerprint density at radius 1 is 0.967 bits per heavy atom. The lowest BCUT2D eigenvalue weighted by Gasteiger charge is -2.28. The summed E-state index contributed by atoms with van der Waals surface area (Å²) in [4.78, 5) is 26.6. The smallest absolute Gasteiger partial charge is 0.327 e. The van der Waals surface area contributed by atoms with Gasteiger partial charge in [0, 0.05) is 11.3 Å². The zero-order valence-corrected chi connectivity index (χ0v) is 17.2. The SMILES string of the molecule is Cc1ccc(C(=O)N2C(C(=O)O)CSC2c2cccc(Oc3ccccc3)c2)cc1. The van der Waals surface area contributed by atoms with Gasteiger partial charge in [0.1, 0.15) is 22.9 Å². The predicted octanol–water partition coefficient (Wildman–Crippen LogP) is 5.13. The van der Waals surface area contributed by atoms with E-state index in [1.165, 1.54) is 16.7 Å². The molecule has 152 valence electrons. The molecule has 6 heteroatoms. The van der Waals surface area contributed by atoms with E-state index in [0.717, 1.165) is 11.1 Å². The second kappa shape index (κ2) is 8.63. The number of thioether (sulfide) groups is 1. The summed E-state index contributed by atoms with van der Waals surface area (Å²) in [6.07, 6.45) is 0. The first-order valence-corrected chi connectivity index (χ1v) is 10.6. The van der Waals surface area contributed by atoms with Gasteiger partial charge >= 0.3 is 5.97 Å². The average molecular weight is 420 g/mol. The van der Waals surface area contributed by atoms with Crippen molar-refractivity contribution in [3.05, 3.63) is 95.6 Å². The zero-order valence-electron chi connectivity index (χ0n) is 16.4. The number of aliphatic carboxylic acids is 1. The summed E-state index contributed by atoms with van der Waals surface area (Å²) in [5.74, 6) is 0.404. The molecule has 0 bridgehead atoms. The van der Waals surface area contributed by atoms with E-state index in [9.17, 15) is 14.7 Å². The monoisotopic (exact) mass is 419 g/mol. The third-order valence-electron chi connectivity index (χ3n) is 4.94. The molecular weight excluding hydrogens is 398 g/mol. The molecule has 0 spiro atoms. The third-order valence-corrected chi connectivity index (χ3v) is 6.26. The van der Waals surface area contributed by atoms with Crippen molar-refractivity contribution in [3.8, 4) is 11.5 Å². The van der Waals surface area contributed by atoms with Gasteiger partial charge in [-0.05, 0) is 48.9 Å². The van der Waals surface area contributed by atoms with E-state index in [0.29, 0.717) is 22.8 Å². The number of hydrogen-bond acceptors (Lipinski definition) is 4. The Labute approximate surface area is 179 Å². The summed E-state index contributed by atoms with van der Waals surface area (Å²) in [5.41, 5.74) is 2.35. The van der Waals surface area contributed by atoms with E-state index in [-0.39, 0.29) is 5.91 Å². The fourth-order valence-electron chi connectivity index (χ4n) is 3.40. The molecule has 1 amide bonds. The minimum absolute atomic E-state index is 0.285. The number of para-hydroxylation sites is 1. The predicted molar refractivity (Wildman–Crippen MR) is 117 cm³/mol. The van der Waals surface area contributed by atoms with Gasteiger partial charge in [0.15, 0.2) is 0 Å². The van der Waals surface area contributed by atoms with Crippen LogP contribution in [-0.4, -0.2) is 33.7 Å². The van der Waals surface area contributed by atoms with Crippen molar-refractivity contribution < 1.29 is 19.4 Å². The number of ether oxygens (including phenoxy) is 1. The number of carbonyl (C=O) groups is 2. The molecule has 5 nitrogen and oxygen atoms in total. The van der Waals surface area contributed by atoms with Crippen molar-refractivity contribution in [2.45, 2.75) is 18.3 Å². The van der Waals surface area contributed by atoms with Crippen LogP contribution < -0.4 is 4.74 Å². The zero-order chi connectivity index (χ0) is 21.1. The summed E-state index contributed by atoms with van der Waals surface area (Å²) >= 11 is 1.45. The van der Waals surface area contributed by atoms with Gasteiger partial charge in [-0.25, -0.2) is 4.79 Å². The third kappa shape index (κ3) is 4.19. The number of carboxylic acid groups (broad SMARTS) is 1. The fourth-order valence-corrected chi connectivity index (χ4v) is 4.81. The highest BCUT2D eigenvalue weighted by Crippen LogP contribution is 2.43. The molecule has 1 saturated heterocycles. The van der Waals surface area contributed by atoms with Crippen LogP contribution >= 0.6 is 11.8 Å². The number of amides is 1. The molecule has 1 fully saturated rings. The molecule has 1 N–H and O–H groups in total. The molecule has 1 heterocycles. The van der Waals surface area contributed by atoms with Crippen LogP contribution in [0.1, 0.15) is 26.9 Å². The average Bonchev–Trinajstić information content (AvgIpc) is 3.20. The number of benzene rings is 3. The lowest BCUT2D eigenvalue weighted by Crippen LogP contribution is -2.42. The van der Waals surface area contributed by atoms with Crippen LogP contribution in [0.15, 0.2) is 78.9 Å². The van der Waals surface area contributed by atoms with Crippen molar-refractivity contribution in [3.63, 3.8) is 0 Å². The molecule has 0 saturated carbocycles. The first-order chi connectivity index (χ1) is 14.5. The molecule has 2 unspecified atom stereocenters. The number of rotatable bonds is 5. The van der Waals surface area contributed by atoms with Gasteiger partial charge in [0.2, 0.25) is 0 Å².